The average molecular weight is 449 g/mol. The highest BCUT2D eigenvalue weighted by atomic mass is 35.5. The zero-order valence-corrected chi connectivity index (χ0v) is 20.1. The summed E-state index contributed by atoms with van der Waals surface area (Å²) in [6.07, 6.45) is 3.91. The minimum absolute atomic E-state index is 0.197. The summed E-state index contributed by atoms with van der Waals surface area (Å²) in [7, 11) is 0. The predicted octanol–water partition coefficient (Wildman–Crippen LogP) is 6.38. The molecule has 0 bridgehead atoms. The Morgan fingerprint density at radius 2 is 1.77 bits per heavy atom. The first-order valence-electron chi connectivity index (χ1n) is 9.94. The number of allylic oxidation sites excluding steroid dienone is 3. The normalized spacial score (nSPS) is 10.7. The lowest BCUT2D eigenvalue weighted by Crippen LogP contribution is -2.21. The van der Waals surface area contributed by atoms with Crippen LogP contribution >= 0.6 is 23.2 Å². The fourth-order valence-electron chi connectivity index (χ4n) is 2.55. The molecule has 0 fully saturated rings. The third kappa shape index (κ3) is 6.57. The van der Waals surface area contributed by atoms with E-state index in [1.807, 2.05) is 76.5 Å². The summed E-state index contributed by atoms with van der Waals surface area (Å²) in [5.41, 5.74) is 2.96. The largest absolute Gasteiger partial charge is 0.294 e. The molecule has 3 rings (SSSR count). The van der Waals surface area contributed by atoms with E-state index >= 15 is 0 Å². The van der Waals surface area contributed by atoms with Crippen molar-refractivity contribution in [2.75, 3.05) is 0 Å². The van der Waals surface area contributed by atoms with Gasteiger partial charge in [-0.1, -0.05) is 67.4 Å². The molecule has 7 heteroatoms. The number of halogens is 2. The van der Waals surface area contributed by atoms with Gasteiger partial charge in [-0.3, -0.25) is 9.36 Å². The number of rotatable bonds is 4. The number of aryl methyl sites for hydroxylation is 2. The van der Waals surface area contributed by atoms with Crippen molar-refractivity contribution in [2.45, 2.75) is 54.5 Å². The lowest BCUT2D eigenvalue weighted by atomic mass is 10.2. The summed E-state index contributed by atoms with van der Waals surface area (Å²) in [6, 6.07) is 8.01. The Morgan fingerprint density at radius 3 is 2.23 bits per heavy atom. The molecule has 3 aromatic rings. The van der Waals surface area contributed by atoms with Crippen molar-refractivity contribution in [3.63, 3.8) is 0 Å². The van der Waals surface area contributed by atoms with Crippen LogP contribution in [0.25, 0.3) is 16.7 Å². The summed E-state index contributed by atoms with van der Waals surface area (Å²) in [6.45, 7) is 15.9. The Morgan fingerprint density at radius 1 is 1.20 bits per heavy atom. The lowest BCUT2D eigenvalue weighted by Gasteiger charge is -2.09. The van der Waals surface area contributed by atoms with Gasteiger partial charge in [0, 0.05) is 28.7 Å². The summed E-state index contributed by atoms with van der Waals surface area (Å²) in [4.78, 5) is 17.0. The Labute approximate surface area is 188 Å². The van der Waals surface area contributed by atoms with E-state index in [1.165, 1.54) is 4.68 Å². The van der Waals surface area contributed by atoms with Gasteiger partial charge < -0.3 is 0 Å². The zero-order chi connectivity index (χ0) is 22.8. The van der Waals surface area contributed by atoms with Gasteiger partial charge in [-0.2, -0.15) is 5.10 Å². The maximum atomic E-state index is 12.5. The number of hydrogen-bond donors (Lipinski definition) is 0. The molecule has 1 aromatic carbocycles. The number of nitrogens with zero attached hydrogens (tertiary/aromatic N) is 4. The van der Waals surface area contributed by atoms with Crippen molar-refractivity contribution in [2.24, 2.45) is 0 Å². The van der Waals surface area contributed by atoms with Crippen molar-refractivity contribution < 1.29 is 0 Å². The van der Waals surface area contributed by atoms with Crippen LogP contribution in [-0.4, -0.2) is 19.3 Å². The van der Waals surface area contributed by atoms with Crippen molar-refractivity contribution >= 4 is 34.2 Å². The molecule has 5 nitrogen and oxygen atoms in total. The first kappa shape index (κ1) is 25.7. The lowest BCUT2D eigenvalue weighted by molar-refractivity contribution is 0.621. The van der Waals surface area contributed by atoms with Gasteiger partial charge >= 0.3 is 0 Å². The monoisotopic (exact) mass is 448 g/mol. The molecule has 0 N–H and O–H groups in total. The van der Waals surface area contributed by atoms with Crippen molar-refractivity contribution in [3.05, 3.63) is 74.9 Å². The molecule has 162 valence electrons. The predicted molar refractivity (Wildman–Crippen MR) is 129 cm³/mol. The van der Waals surface area contributed by atoms with Crippen LogP contribution in [0.4, 0.5) is 0 Å². The van der Waals surface area contributed by atoms with Crippen LogP contribution in [0.1, 0.15) is 46.0 Å². The molecule has 30 heavy (non-hydrogen) atoms. The van der Waals surface area contributed by atoms with Gasteiger partial charge in [-0.05, 0) is 39.8 Å². The van der Waals surface area contributed by atoms with Gasteiger partial charge in [-0.15, -0.1) is 0 Å². The molecule has 2 heterocycles. The van der Waals surface area contributed by atoms with E-state index in [0.717, 1.165) is 16.3 Å². The zero-order valence-electron chi connectivity index (χ0n) is 18.5. The minimum Gasteiger partial charge on any atom is -0.294 e. The third-order valence-corrected chi connectivity index (χ3v) is 4.43. The highest BCUT2D eigenvalue weighted by Crippen LogP contribution is 2.22. The van der Waals surface area contributed by atoms with E-state index in [9.17, 15) is 4.79 Å². The Balaban J connectivity index is 0.000000565. The van der Waals surface area contributed by atoms with Gasteiger partial charge in [0.05, 0.1) is 11.7 Å². The molecule has 2 aromatic heterocycles. The van der Waals surface area contributed by atoms with Crippen LogP contribution < -0.4 is 5.56 Å². The smallest absolute Gasteiger partial charge is 0.294 e. The van der Waals surface area contributed by atoms with E-state index in [-0.39, 0.29) is 5.56 Å². The number of imidazole rings is 1. The second-order valence-electron chi connectivity index (χ2n) is 6.27. The molecule has 0 unspecified atom stereocenters. The van der Waals surface area contributed by atoms with E-state index in [0.29, 0.717) is 34.9 Å². The van der Waals surface area contributed by atoms with Crippen LogP contribution in [0.3, 0.4) is 0 Å². The molecular weight excluding hydrogens is 419 g/mol. The highest BCUT2D eigenvalue weighted by molar-refractivity contribution is 6.29. The molecule has 0 aliphatic rings. The fraction of sp³-hybridized carbons (Fsp3) is 0.348. The first-order valence-corrected chi connectivity index (χ1v) is 10.7. The standard InChI is InChI=1S/C17H17ClN4O.C4H7Cl.C2H6/c1-4-21-17(23)16-14(10-19-21)22(15(20-16)9-12(3)18)13-7-5-11(2)6-8-13;1-3-4(2)5;1-2/h5-8,10H,3-4,9H2,1-2H3;3H,1-2H3;1-2H3/b;4-3+;. The topological polar surface area (TPSA) is 52.7 Å². The number of aromatic nitrogens is 4. The second kappa shape index (κ2) is 12.4. The summed E-state index contributed by atoms with van der Waals surface area (Å²) in [5.74, 6) is 0.677. The number of benzene rings is 1. The number of hydrogen-bond acceptors (Lipinski definition) is 3. The van der Waals surface area contributed by atoms with Crippen LogP contribution in [0.2, 0.25) is 0 Å². The highest BCUT2D eigenvalue weighted by Gasteiger charge is 2.16. The van der Waals surface area contributed by atoms with Crippen LogP contribution in [-0.2, 0) is 13.0 Å². The van der Waals surface area contributed by atoms with Gasteiger partial charge in [-0.25, -0.2) is 9.67 Å². The van der Waals surface area contributed by atoms with Crippen LogP contribution in [0.15, 0.2) is 58.0 Å². The summed E-state index contributed by atoms with van der Waals surface area (Å²) >= 11 is 11.3. The quantitative estimate of drug-likeness (QED) is 0.464. The van der Waals surface area contributed by atoms with E-state index in [1.54, 1.807) is 6.20 Å². The Hall–Kier alpha value is -2.37. The molecular formula is C23H30Cl2N4O. The number of fused-ring (bicyclic) bond motifs is 1. The molecule has 0 saturated heterocycles. The van der Waals surface area contributed by atoms with Crippen molar-refractivity contribution in [1.82, 2.24) is 19.3 Å². The Bertz CT molecular complexity index is 1060. The van der Waals surface area contributed by atoms with Crippen molar-refractivity contribution in [3.8, 4) is 5.69 Å². The van der Waals surface area contributed by atoms with Gasteiger partial charge in [0.2, 0.25) is 0 Å². The maximum absolute atomic E-state index is 12.5. The fourth-order valence-corrected chi connectivity index (χ4v) is 2.67. The third-order valence-electron chi connectivity index (χ3n) is 4.08. The Kier molecular flexibility index (Phi) is 10.6. The molecule has 0 saturated carbocycles. The van der Waals surface area contributed by atoms with Crippen LogP contribution in [0, 0.1) is 6.92 Å². The van der Waals surface area contributed by atoms with Gasteiger partial charge in [0.15, 0.2) is 5.52 Å². The second-order valence-corrected chi connectivity index (χ2v) is 7.40. The molecule has 0 radical (unpaired) electrons. The van der Waals surface area contributed by atoms with E-state index in [2.05, 4.69) is 16.7 Å². The summed E-state index contributed by atoms with van der Waals surface area (Å²) in [5, 5.41) is 5.53. The molecule has 0 atom stereocenters. The molecule has 0 aliphatic carbocycles. The molecule has 0 spiro atoms. The minimum atomic E-state index is -0.197. The molecule has 0 aliphatic heterocycles. The SMILES string of the molecule is C/C=C(\C)Cl.C=C(Cl)Cc1nc2c(=O)n(CC)ncc2n1-c1ccc(C)cc1.CC. The van der Waals surface area contributed by atoms with Crippen molar-refractivity contribution in [1.29, 1.82) is 0 Å². The van der Waals surface area contributed by atoms with E-state index < -0.39 is 0 Å². The van der Waals surface area contributed by atoms with Gasteiger partial charge in [0.25, 0.3) is 5.56 Å². The van der Waals surface area contributed by atoms with Gasteiger partial charge in [0.1, 0.15) is 5.82 Å². The summed E-state index contributed by atoms with van der Waals surface area (Å²) < 4.78 is 3.31. The van der Waals surface area contributed by atoms with Crippen LogP contribution in [0.5, 0.6) is 0 Å². The van der Waals surface area contributed by atoms with E-state index in [4.69, 9.17) is 23.2 Å². The molecule has 0 amide bonds. The first-order chi connectivity index (χ1) is 14.3. The average Bonchev–Trinajstić information content (AvgIpc) is 3.09. The maximum Gasteiger partial charge on any atom is 0.294 e.